The summed E-state index contributed by atoms with van der Waals surface area (Å²) in [6, 6.07) is 6.85. The molecule has 0 atom stereocenters. The quantitative estimate of drug-likeness (QED) is 0.609. The van der Waals surface area contributed by atoms with Crippen molar-refractivity contribution in [1.29, 1.82) is 0 Å². The fourth-order valence-corrected chi connectivity index (χ4v) is 1.24. The Morgan fingerprint density at radius 3 is 2.44 bits per heavy atom. The van der Waals surface area contributed by atoms with Gasteiger partial charge in [-0.25, -0.2) is 0 Å². The van der Waals surface area contributed by atoms with Gasteiger partial charge in [0.1, 0.15) is 0 Å². The standard InChI is InChI=1S/C13H15NO2/c1-3-4-5-13(16)14-12-8-6-11(7-9-12)10(2)15/h3,6-9H,1,4-5H2,2H3,(H,14,16). The van der Waals surface area contributed by atoms with Gasteiger partial charge in [-0.2, -0.15) is 0 Å². The molecule has 84 valence electrons. The van der Waals surface area contributed by atoms with Gasteiger partial charge in [0, 0.05) is 17.7 Å². The maximum Gasteiger partial charge on any atom is 0.224 e. The number of carbonyl (C=O) groups is 2. The van der Waals surface area contributed by atoms with Crippen LogP contribution in [0.4, 0.5) is 5.69 Å². The van der Waals surface area contributed by atoms with E-state index >= 15 is 0 Å². The van der Waals surface area contributed by atoms with Crippen LogP contribution in [0.25, 0.3) is 0 Å². The van der Waals surface area contributed by atoms with Crippen molar-refractivity contribution in [3.63, 3.8) is 0 Å². The topological polar surface area (TPSA) is 46.2 Å². The molecule has 0 spiro atoms. The lowest BCUT2D eigenvalue weighted by atomic mass is 10.1. The largest absolute Gasteiger partial charge is 0.326 e. The third kappa shape index (κ3) is 3.69. The number of rotatable bonds is 5. The highest BCUT2D eigenvalue weighted by Crippen LogP contribution is 2.10. The van der Waals surface area contributed by atoms with Crippen LogP contribution in [0.5, 0.6) is 0 Å². The molecule has 3 heteroatoms. The monoisotopic (exact) mass is 217 g/mol. The summed E-state index contributed by atoms with van der Waals surface area (Å²) < 4.78 is 0. The molecule has 1 N–H and O–H groups in total. The number of hydrogen-bond acceptors (Lipinski definition) is 2. The molecule has 1 aromatic rings. The number of hydrogen-bond donors (Lipinski definition) is 1. The third-order valence-electron chi connectivity index (χ3n) is 2.15. The first-order valence-corrected chi connectivity index (χ1v) is 5.15. The van der Waals surface area contributed by atoms with E-state index in [1.165, 1.54) is 6.92 Å². The van der Waals surface area contributed by atoms with Crippen molar-refractivity contribution in [2.45, 2.75) is 19.8 Å². The first-order valence-electron chi connectivity index (χ1n) is 5.15. The maximum absolute atomic E-state index is 11.4. The second kappa shape index (κ2) is 5.85. The molecular formula is C13H15NO2. The molecule has 0 saturated carbocycles. The van der Waals surface area contributed by atoms with Crippen LogP contribution in [0, 0.1) is 0 Å². The number of benzene rings is 1. The Balaban J connectivity index is 2.58. The van der Waals surface area contributed by atoms with E-state index < -0.39 is 0 Å². The van der Waals surface area contributed by atoms with E-state index in [-0.39, 0.29) is 11.7 Å². The van der Waals surface area contributed by atoms with Crippen LogP contribution < -0.4 is 5.32 Å². The highest BCUT2D eigenvalue weighted by Gasteiger charge is 2.02. The fourth-order valence-electron chi connectivity index (χ4n) is 1.24. The maximum atomic E-state index is 11.4. The predicted octanol–water partition coefficient (Wildman–Crippen LogP) is 2.79. The van der Waals surface area contributed by atoms with Gasteiger partial charge in [-0.1, -0.05) is 6.08 Å². The Kier molecular flexibility index (Phi) is 4.45. The summed E-state index contributed by atoms with van der Waals surface area (Å²) in [5, 5.41) is 2.74. The molecular weight excluding hydrogens is 202 g/mol. The highest BCUT2D eigenvalue weighted by molar-refractivity contribution is 5.95. The van der Waals surface area contributed by atoms with Gasteiger partial charge in [-0.3, -0.25) is 9.59 Å². The van der Waals surface area contributed by atoms with Gasteiger partial charge in [0.25, 0.3) is 0 Å². The molecule has 0 unspecified atom stereocenters. The van der Waals surface area contributed by atoms with Gasteiger partial charge < -0.3 is 5.32 Å². The Morgan fingerprint density at radius 1 is 1.31 bits per heavy atom. The SMILES string of the molecule is C=CCCC(=O)Nc1ccc(C(C)=O)cc1. The van der Waals surface area contributed by atoms with Crippen molar-refractivity contribution in [2.24, 2.45) is 0 Å². The number of anilines is 1. The van der Waals surface area contributed by atoms with Crippen LogP contribution >= 0.6 is 0 Å². The first-order chi connectivity index (χ1) is 7.63. The minimum absolute atomic E-state index is 0.0181. The molecule has 3 nitrogen and oxygen atoms in total. The number of allylic oxidation sites excluding steroid dienone is 1. The lowest BCUT2D eigenvalue weighted by molar-refractivity contribution is -0.116. The number of ketones is 1. The van der Waals surface area contributed by atoms with E-state index in [0.29, 0.717) is 24.1 Å². The summed E-state index contributed by atoms with van der Waals surface area (Å²) in [6.07, 6.45) is 2.80. The lowest BCUT2D eigenvalue weighted by Crippen LogP contribution is -2.10. The number of carbonyl (C=O) groups excluding carboxylic acids is 2. The van der Waals surface area contributed by atoms with Gasteiger partial charge in [0.15, 0.2) is 5.78 Å². The van der Waals surface area contributed by atoms with Crippen LogP contribution in [-0.2, 0) is 4.79 Å². The van der Waals surface area contributed by atoms with Crippen molar-refractivity contribution in [3.8, 4) is 0 Å². The number of amides is 1. The third-order valence-corrected chi connectivity index (χ3v) is 2.15. The van der Waals surface area contributed by atoms with Crippen molar-refractivity contribution in [3.05, 3.63) is 42.5 Å². The first kappa shape index (κ1) is 12.2. The summed E-state index contributed by atoms with van der Waals surface area (Å²) in [5.74, 6) is -0.0278. The van der Waals surface area contributed by atoms with Crippen LogP contribution in [0.2, 0.25) is 0 Å². The smallest absolute Gasteiger partial charge is 0.224 e. The van der Waals surface area contributed by atoms with E-state index in [4.69, 9.17) is 0 Å². The molecule has 1 amide bonds. The molecule has 0 radical (unpaired) electrons. The second-order valence-corrected chi connectivity index (χ2v) is 3.51. The average molecular weight is 217 g/mol. The fraction of sp³-hybridized carbons (Fsp3) is 0.231. The zero-order valence-electron chi connectivity index (χ0n) is 9.32. The summed E-state index contributed by atoms with van der Waals surface area (Å²) in [7, 11) is 0. The molecule has 0 saturated heterocycles. The molecule has 0 bridgehead atoms. The molecule has 16 heavy (non-hydrogen) atoms. The average Bonchev–Trinajstić information content (AvgIpc) is 2.27. The molecule has 0 aromatic heterocycles. The van der Waals surface area contributed by atoms with E-state index in [1.807, 2.05) is 0 Å². The normalized spacial score (nSPS) is 9.56. The van der Waals surface area contributed by atoms with E-state index in [2.05, 4.69) is 11.9 Å². The molecule has 0 aliphatic carbocycles. The van der Waals surface area contributed by atoms with Gasteiger partial charge in [0.2, 0.25) is 5.91 Å². The van der Waals surface area contributed by atoms with Crippen LogP contribution in [0.3, 0.4) is 0 Å². The Morgan fingerprint density at radius 2 is 1.94 bits per heavy atom. The summed E-state index contributed by atoms with van der Waals surface area (Å²) in [4.78, 5) is 22.4. The number of Topliss-reactive ketones (excluding diaryl/α,β-unsaturated/α-hetero) is 1. The van der Waals surface area contributed by atoms with Crippen molar-refractivity contribution < 1.29 is 9.59 Å². The van der Waals surface area contributed by atoms with Crippen LogP contribution in [0.1, 0.15) is 30.1 Å². The van der Waals surface area contributed by atoms with Gasteiger partial charge >= 0.3 is 0 Å². The predicted molar refractivity (Wildman–Crippen MR) is 64.5 cm³/mol. The zero-order valence-corrected chi connectivity index (χ0v) is 9.32. The van der Waals surface area contributed by atoms with Crippen molar-refractivity contribution in [1.82, 2.24) is 0 Å². The van der Waals surface area contributed by atoms with Crippen molar-refractivity contribution >= 4 is 17.4 Å². The summed E-state index contributed by atoms with van der Waals surface area (Å²) >= 11 is 0. The van der Waals surface area contributed by atoms with Gasteiger partial charge in [0.05, 0.1) is 0 Å². The van der Waals surface area contributed by atoms with E-state index in [9.17, 15) is 9.59 Å². The molecule has 0 aliphatic rings. The van der Waals surface area contributed by atoms with Crippen molar-refractivity contribution in [2.75, 3.05) is 5.32 Å². The highest BCUT2D eigenvalue weighted by atomic mass is 16.1. The van der Waals surface area contributed by atoms with E-state index in [0.717, 1.165) is 0 Å². The molecule has 1 aromatic carbocycles. The van der Waals surface area contributed by atoms with Crippen LogP contribution in [-0.4, -0.2) is 11.7 Å². The van der Waals surface area contributed by atoms with E-state index in [1.54, 1.807) is 30.3 Å². The Hall–Kier alpha value is -1.90. The number of nitrogens with one attached hydrogen (secondary N) is 1. The summed E-state index contributed by atoms with van der Waals surface area (Å²) in [6.45, 7) is 5.06. The summed E-state index contributed by atoms with van der Waals surface area (Å²) in [5.41, 5.74) is 1.35. The lowest BCUT2D eigenvalue weighted by Gasteiger charge is -2.04. The minimum atomic E-state index is -0.0459. The Bertz CT molecular complexity index is 393. The zero-order chi connectivity index (χ0) is 12.0. The Labute approximate surface area is 95.2 Å². The molecule has 0 aliphatic heterocycles. The molecule has 1 rings (SSSR count). The molecule has 0 heterocycles. The second-order valence-electron chi connectivity index (χ2n) is 3.51. The van der Waals surface area contributed by atoms with Gasteiger partial charge in [-0.15, -0.1) is 6.58 Å². The molecule has 0 fully saturated rings. The van der Waals surface area contributed by atoms with Crippen LogP contribution in [0.15, 0.2) is 36.9 Å². The van der Waals surface area contributed by atoms with Gasteiger partial charge in [-0.05, 0) is 37.6 Å². The minimum Gasteiger partial charge on any atom is -0.326 e.